The highest BCUT2D eigenvalue weighted by atomic mass is 16.5. The summed E-state index contributed by atoms with van der Waals surface area (Å²) in [6, 6.07) is 7.20. The lowest BCUT2D eigenvalue weighted by Gasteiger charge is -2.21. The summed E-state index contributed by atoms with van der Waals surface area (Å²) in [6.45, 7) is 3.38. The zero-order valence-corrected chi connectivity index (χ0v) is 10.2. The van der Waals surface area contributed by atoms with E-state index in [1.165, 1.54) is 6.08 Å². The van der Waals surface area contributed by atoms with Crippen molar-refractivity contribution in [3.8, 4) is 0 Å². The molecule has 0 spiro atoms. The lowest BCUT2D eigenvalue weighted by molar-refractivity contribution is -0.148. The predicted octanol–water partition coefficient (Wildman–Crippen LogP) is 1.09. The summed E-state index contributed by atoms with van der Waals surface area (Å²) in [4.78, 5) is 22.3. The van der Waals surface area contributed by atoms with Crippen LogP contribution in [0.15, 0.2) is 43.0 Å². The molecule has 0 radical (unpaired) electrons. The molecule has 0 heterocycles. The molecule has 19 heavy (non-hydrogen) atoms. The molecule has 0 aromatic heterocycles. The van der Waals surface area contributed by atoms with Gasteiger partial charge in [-0.25, -0.2) is 9.59 Å². The van der Waals surface area contributed by atoms with Crippen LogP contribution in [-0.2, 0) is 9.53 Å². The van der Waals surface area contributed by atoms with E-state index in [0.717, 1.165) is 0 Å². The van der Waals surface area contributed by atoms with Crippen molar-refractivity contribution in [3.63, 3.8) is 0 Å². The summed E-state index contributed by atoms with van der Waals surface area (Å²) in [5.74, 6) is -1.43. The van der Waals surface area contributed by atoms with Crippen LogP contribution in [0.4, 0.5) is 4.79 Å². The van der Waals surface area contributed by atoms with Gasteiger partial charge in [-0.2, -0.15) is 0 Å². The van der Waals surface area contributed by atoms with Gasteiger partial charge in [-0.3, -0.25) is 0 Å². The monoisotopic (exact) mass is 265 g/mol. The average Bonchev–Trinajstić information content (AvgIpc) is 2.42. The summed E-state index contributed by atoms with van der Waals surface area (Å²) in [7, 11) is 0. The molecule has 0 saturated carbocycles. The SMILES string of the molecule is C=CCOC(=O)N[C@@H](c1ccccc1)[C@@H](O)C(=O)O. The number of amides is 1. The number of carboxylic acid groups (broad SMARTS) is 1. The van der Waals surface area contributed by atoms with Gasteiger partial charge in [-0.1, -0.05) is 43.0 Å². The van der Waals surface area contributed by atoms with Crippen LogP contribution in [0.5, 0.6) is 0 Å². The molecule has 6 nitrogen and oxygen atoms in total. The molecule has 0 aliphatic heterocycles. The van der Waals surface area contributed by atoms with Gasteiger partial charge in [-0.15, -0.1) is 0 Å². The van der Waals surface area contributed by atoms with E-state index < -0.39 is 24.2 Å². The number of carbonyl (C=O) groups is 2. The fraction of sp³-hybridized carbons (Fsp3) is 0.231. The van der Waals surface area contributed by atoms with Crippen molar-refractivity contribution in [3.05, 3.63) is 48.6 Å². The minimum absolute atomic E-state index is 0.00346. The fourth-order valence-electron chi connectivity index (χ4n) is 1.45. The van der Waals surface area contributed by atoms with Crippen molar-refractivity contribution in [1.82, 2.24) is 5.32 Å². The lowest BCUT2D eigenvalue weighted by atomic mass is 10.0. The largest absolute Gasteiger partial charge is 0.479 e. The van der Waals surface area contributed by atoms with Crippen molar-refractivity contribution in [2.75, 3.05) is 6.61 Å². The molecule has 0 aliphatic rings. The Kier molecular flexibility index (Phi) is 5.56. The van der Waals surface area contributed by atoms with Crippen molar-refractivity contribution >= 4 is 12.1 Å². The number of hydrogen-bond acceptors (Lipinski definition) is 4. The Hall–Kier alpha value is -2.34. The van der Waals surface area contributed by atoms with Crippen molar-refractivity contribution in [2.24, 2.45) is 0 Å². The van der Waals surface area contributed by atoms with Crippen molar-refractivity contribution < 1.29 is 24.5 Å². The predicted molar refractivity (Wildman–Crippen MR) is 67.5 cm³/mol. The van der Waals surface area contributed by atoms with Gasteiger partial charge in [0.2, 0.25) is 0 Å². The number of carbonyl (C=O) groups excluding carboxylic acids is 1. The van der Waals surface area contributed by atoms with E-state index in [2.05, 4.69) is 11.9 Å². The molecule has 0 aliphatic carbocycles. The molecule has 2 atom stereocenters. The quantitative estimate of drug-likeness (QED) is 0.669. The molecule has 6 heteroatoms. The number of aliphatic hydroxyl groups excluding tert-OH is 1. The number of ether oxygens (including phenoxy) is 1. The Morgan fingerprint density at radius 2 is 2.00 bits per heavy atom. The zero-order valence-electron chi connectivity index (χ0n) is 10.2. The number of hydrogen-bond donors (Lipinski definition) is 3. The third-order valence-corrected chi connectivity index (χ3v) is 2.33. The van der Waals surface area contributed by atoms with Gasteiger partial charge in [0, 0.05) is 0 Å². The van der Waals surface area contributed by atoms with Crippen molar-refractivity contribution in [1.29, 1.82) is 0 Å². The first kappa shape index (κ1) is 14.7. The molecule has 3 N–H and O–H groups in total. The van der Waals surface area contributed by atoms with Crippen LogP contribution >= 0.6 is 0 Å². The number of aliphatic hydroxyl groups is 1. The van der Waals surface area contributed by atoms with E-state index in [4.69, 9.17) is 9.84 Å². The third kappa shape index (κ3) is 4.44. The first-order chi connectivity index (χ1) is 9.06. The Labute approximate surface area is 110 Å². The Balaban J connectivity index is 2.84. The van der Waals surface area contributed by atoms with Gasteiger partial charge in [0.15, 0.2) is 6.10 Å². The molecule has 0 saturated heterocycles. The normalized spacial score (nSPS) is 13.1. The van der Waals surface area contributed by atoms with Gasteiger partial charge in [0.1, 0.15) is 6.61 Å². The number of nitrogens with one attached hydrogen (secondary N) is 1. The van der Waals surface area contributed by atoms with Crippen LogP contribution in [0.25, 0.3) is 0 Å². The van der Waals surface area contributed by atoms with E-state index in [1.807, 2.05) is 0 Å². The van der Waals surface area contributed by atoms with E-state index in [9.17, 15) is 14.7 Å². The maximum atomic E-state index is 11.4. The lowest BCUT2D eigenvalue weighted by Crippen LogP contribution is -2.40. The van der Waals surface area contributed by atoms with Gasteiger partial charge < -0.3 is 20.3 Å². The molecular formula is C13H15NO5. The van der Waals surface area contributed by atoms with Gasteiger partial charge in [0.25, 0.3) is 0 Å². The molecule has 1 aromatic rings. The van der Waals surface area contributed by atoms with E-state index >= 15 is 0 Å². The second-order valence-electron chi connectivity index (χ2n) is 3.70. The van der Waals surface area contributed by atoms with E-state index in [1.54, 1.807) is 30.3 Å². The topological polar surface area (TPSA) is 95.9 Å². The molecule has 0 unspecified atom stereocenters. The summed E-state index contributed by atoms with van der Waals surface area (Å²) >= 11 is 0. The maximum absolute atomic E-state index is 11.4. The molecular weight excluding hydrogens is 250 g/mol. The maximum Gasteiger partial charge on any atom is 0.408 e. The number of benzene rings is 1. The number of alkyl carbamates (subject to hydrolysis) is 1. The van der Waals surface area contributed by atoms with Crippen LogP contribution in [0.2, 0.25) is 0 Å². The highest BCUT2D eigenvalue weighted by Crippen LogP contribution is 2.17. The Bertz CT molecular complexity index is 446. The van der Waals surface area contributed by atoms with Crippen LogP contribution in [0.1, 0.15) is 11.6 Å². The molecule has 0 bridgehead atoms. The summed E-state index contributed by atoms with van der Waals surface area (Å²) < 4.78 is 4.70. The van der Waals surface area contributed by atoms with Crippen LogP contribution < -0.4 is 5.32 Å². The minimum Gasteiger partial charge on any atom is -0.479 e. The number of rotatable bonds is 6. The summed E-state index contributed by atoms with van der Waals surface area (Å²) in [5.41, 5.74) is 0.466. The van der Waals surface area contributed by atoms with Crippen LogP contribution in [0, 0.1) is 0 Å². The highest BCUT2D eigenvalue weighted by molar-refractivity contribution is 5.75. The summed E-state index contributed by atoms with van der Waals surface area (Å²) in [5, 5.41) is 20.8. The Morgan fingerprint density at radius 3 is 2.53 bits per heavy atom. The third-order valence-electron chi connectivity index (χ3n) is 2.33. The van der Waals surface area contributed by atoms with Crippen molar-refractivity contribution in [2.45, 2.75) is 12.1 Å². The van der Waals surface area contributed by atoms with Gasteiger partial charge in [-0.05, 0) is 5.56 Å². The molecule has 102 valence electrons. The number of carboxylic acids is 1. The van der Waals surface area contributed by atoms with Crippen LogP contribution in [0.3, 0.4) is 0 Å². The fourth-order valence-corrected chi connectivity index (χ4v) is 1.45. The zero-order chi connectivity index (χ0) is 14.3. The molecule has 0 fully saturated rings. The molecule has 1 rings (SSSR count). The smallest absolute Gasteiger partial charge is 0.408 e. The molecule has 1 amide bonds. The number of aliphatic carboxylic acids is 1. The first-order valence-corrected chi connectivity index (χ1v) is 5.56. The van der Waals surface area contributed by atoms with E-state index in [0.29, 0.717) is 5.56 Å². The standard InChI is InChI=1S/C13H15NO5/c1-2-8-19-13(18)14-10(11(15)12(16)17)9-6-4-3-5-7-9/h2-7,10-11,15H,1,8H2,(H,14,18)(H,16,17)/t10-,11+/m0/s1. The molecule has 1 aromatic carbocycles. The van der Waals surface area contributed by atoms with Gasteiger partial charge in [0.05, 0.1) is 6.04 Å². The van der Waals surface area contributed by atoms with Crippen LogP contribution in [-0.4, -0.2) is 35.0 Å². The van der Waals surface area contributed by atoms with Gasteiger partial charge >= 0.3 is 12.1 Å². The minimum atomic E-state index is -1.77. The second-order valence-corrected chi connectivity index (χ2v) is 3.70. The second kappa shape index (κ2) is 7.17. The average molecular weight is 265 g/mol. The first-order valence-electron chi connectivity index (χ1n) is 5.56. The van der Waals surface area contributed by atoms with E-state index in [-0.39, 0.29) is 6.61 Å². The summed E-state index contributed by atoms with van der Waals surface area (Å²) in [6.07, 6.45) is -1.21. The highest BCUT2D eigenvalue weighted by Gasteiger charge is 2.29. The Morgan fingerprint density at radius 1 is 1.37 bits per heavy atom.